The van der Waals surface area contributed by atoms with Gasteiger partial charge in [0.05, 0.1) is 6.54 Å². The van der Waals surface area contributed by atoms with Crippen LogP contribution in [0.3, 0.4) is 0 Å². The van der Waals surface area contributed by atoms with E-state index in [1.54, 1.807) is 0 Å². The summed E-state index contributed by atoms with van der Waals surface area (Å²) in [6.45, 7) is 3.48. The normalized spacial score (nSPS) is 24.4. The van der Waals surface area contributed by atoms with E-state index in [2.05, 4.69) is 36.5 Å². The average Bonchev–Trinajstić information content (AvgIpc) is 3.07. The molecule has 0 spiro atoms. The number of benzene rings is 1. The quantitative estimate of drug-likeness (QED) is 0.859. The third-order valence-corrected chi connectivity index (χ3v) is 3.62. The summed E-state index contributed by atoms with van der Waals surface area (Å²) in [6, 6.07) is 8.45. The lowest BCUT2D eigenvalue weighted by Gasteiger charge is -2.24. The third kappa shape index (κ3) is 2.20. The van der Waals surface area contributed by atoms with Crippen LogP contribution in [0.4, 0.5) is 0 Å². The summed E-state index contributed by atoms with van der Waals surface area (Å²) in [5.74, 6) is 0.981. The van der Waals surface area contributed by atoms with Gasteiger partial charge in [0.25, 0.3) is 0 Å². The maximum absolute atomic E-state index is 11.9. The minimum Gasteiger partial charge on any atom is -0.322 e. The van der Waals surface area contributed by atoms with Gasteiger partial charge in [0.15, 0.2) is 0 Å². The van der Waals surface area contributed by atoms with Gasteiger partial charge in [-0.1, -0.05) is 29.8 Å². The van der Waals surface area contributed by atoms with Crippen LogP contribution in [0.2, 0.25) is 0 Å². The molecule has 90 valence electrons. The number of nitrogens with zero attached hydrogens (tertiary/aromatic N) is 1. The van der Waals surface area contributed by atoms with E-state index in [9.17, 15) is 4.79 Å². The van der Waals surface area contributed by atoms with Gasteiger partial charge >= 0.3 is 0 Å². The van der Waals surface area contributed by atoms with Crippen molar-refractivity contribution in [3.8, 4) is 0 Å². The topological polar surface area (TPSA) is 32.3 Å². The highest BCUT2D eigenvalue weighted by Gasteiger charge is 2.35. The second-order valence-electron chi connectivity index (χ2n) is 5.18. The van der Waals surface area contributed by atoms with Gasteiger partial charge in [-0.3, -0.25) is 10.1 Å². The standard InChI is InChI=1S/C14H18N2O/c1-10-2-6-12(7-3-10)14-15-8-13(17)16(14)9-11-4-5-11/h2-3,6-7,11,14-15H,4-5,8-9H2,1H3. The highest BCUT2D eigenvalue weighted by Crippen LogP contribution is 2.33. The summed E-state index contributed by atoms with van der Waals surface area (Å²) in [5, 5.41) is 3.30. The van der Waals surface area contributed by atoms with Crippen molar-refractivity contribution in [2.24, 2.45) is 5.92 Å². The Morgan fingerprint density at radius 1 is 1.29 bits per heavy atom. The van der Waals surface area contributed by atoms with Crippen molar-refractivity contribution in [2.45, 2.75) is 25.9 Å². The average molecular weight is 230 g/mol. The second-order valence-corrected chi connectivity index (χ2v) is 5.18. The Morgan fingerprint density at radius 3 is 2.65 bits per heavy atom. The number of hydrogen-bond donors (Lipinski definition) is 1. The molecule has 0 aromatic heterocycles. The number of nitrogens with one attached hydrogen (secondary N) is 1. The molecule has 1 saturated carbocycles. The monoisotopic (exact) mass is 230 g/mol. The largest absolute Gasteiger partial charge is 0.322 e. The first kappa shape index (κ1) is 10.8. The molecule has 3 nitrogen and oxygen atoms in total. The van der Waals surface area contributed by atoms with E-state index in [1.165, 1.54) is 24.0 Å². The smallest absolute Gasteiger partial charge is 0.238 e. The highest BCUT2D eigenvalue weighted by atomic mass is 16.2. The summed E-state index contributed by atoms with van der Waals surface area (Å²) >= 11 is 0. The van der Waals surface area contributed by atoms with Crippen LogP contribution in [-0.2, 0) is 4.79 Å². The number of carbonyl (C=O) groups excluding carboxylic acids is 1. The van der Waals surface area contributed by atoms with Crippen molar-refractivity contribution in [3.63, 3.8) is 0 Å². The second kappa shape index (κ2) is 4.15. The summed E-state index contributed by atoms with van der Waals surface area (Å²) in [4.78, 5) is 13.9. The van der Waals surface area contributed by atoms with Crippen LogP contribution in [0.5, 0.6) is 0 Å². The summed E-state index contributed by atoms with van der Waals surface area (Å²) < 4.78 is 0. The third-order valence-electron chi connectivity index (χ3n) is 3.62. The maximum atomic E-state index is 11.9. The van der Waals surface area contributed by atoms with Crippen LogP contribution < -0.4 is 5.32 Å². The van der Waals surface area contributed by atoms with E-state index in [-0.39, 0.29) is 12.1 Å². The van der Waals surface area contributed by atoms with Crippen molar-refractivity contribution < 1.29 is 4.79 Å². The van der Waals surface area contributed by atoms with E-state index in [0.717, 1.165) is 12.5 Å². The van der Waals surface area contributed by atoms with Crippen LogP contribution in [0.1, 0.15) is 30.1 Å². The van der Waals surface area contributed by atoms with Crippen molar-refractivity contribution in [1.29, 1.82) is 0 Å². The molecule has 1 aliphatic heterocycles. The predicted octanol–water partition coefficient (Wildman–Crippen LogP) is 1.84. The van der Waals surface area contributed by atoms with Gasteiger partial charge in [-0.15, -0.1) is 0 Å². The molecule has 0 radical (unpaired) electrons. The number of hydrogen-bond acceptors (Lipinski definition) is 2. The fraction of sp³-hybridized carbons (Fsp3) is 0.500. The molecule has 1 saturated heterocycles. The maximum Gasteiger partial charge on any atom is 0.238 e. The fourth-order valence-corrected chi connectivity index (χ4v) is 2.37. The first-order valence-electron chi connectivity index (χ1n) is 6.33. The van der Waals surface area contributed by atoms with Gasteiger partial charge in [0.2, 0.25) is 5.91 Å². The molecule has 1 heterocycles. The SMILES string of the molecule is Cc1ccc(C2NCC(=O)N2CC2CC2)cc1. The molecule has 2 fully saturated rings. The Hall–Kier alpha value is -1.35. The number of amides is 1. The van der Waals surface area contributed by atoms with Crippen LogP contribution in [-0.4, -0.2) is 23.9 Å². The zero-order valence-corrected chi connectivity index (χ0v) is 10.1. The van der Waals surface area contributed by atoms with E-state index in [4.69, 9.17) is 0 Å². The zero-order valence-electron chi connectivity index (χ0n) is 10.1. The van der Waals surface area contributed by atoms with Gasteiger partial charge in [0, 0.05) is 6.54 Å². The van der Waals surface area contributed by atoms with Crippen LogP contribution in [0.25, 0.3) is 0 Å². The Bertz CT molecular complexity index is 422. The molecule has 1 N–H and O–H groups in total. The fourth-order valence-electron chi connectivity index (χ4n) is 2.37. The molecule has 1 amide bonds. The van der Waals surface area contributed by atoms with E-state index in [1.807, 2.05) is 4.90 Å². The Morgan fingerprint density at radius 2 is 2.00 bits per heavy atom. The number of aryl methyl sites for hydroxylation is 1. The predicted molar refractivity (Wildman–Crippen MR) is 66.4 cm³/mol. The summed E-state index contributed by atoms with van der Waals surface area (Å²) in [6.07, 6.45) is 2.65. The van der Waals surface area contributed by atoms with E-state index < -0.39 is 0 Å². The van der Waals surface area contributed by atoms with Gasteiger partial charge in [-0.05, 0) is 31.2 Å². The van der Waals surface area contributed by atoms with Gasteiger partial charge in [-0.25, -0.2) is 0 Å². The van der Waals surface area contributed by atoms with E-state index in [0.29, 0.717) is 6.54 Å². The lowest BCUT2D eigenvalue weighted by atomic mass is 10.1. The lowest BCUT2D eigenvalue weighted by molar-refractivity contribution is -0.128. The molecule has 1 unspecified atom stereocenters. The molecule has 3 heteroatoms. The molecule has 1 aliphatic carbocycles. The summed E-state index contributed by atoms with van der Waals surface area (Å²) in [7, 11) is 0. The Balaban J connectivity index is 1.80. The van der Waals surface area contributed by atoms with Crippen molar-refractivity contribution in [3.05, 3.63) is 35.4 Å². The molecule has 3 rings (SSSR count). The van der Waals surface area contributed by atoms with Crippen molar-refractivity contribution in [2.75, 3.05) is 13.1 Å². The highest BCUT2D eigenvalue weighted by molar-refractivity contribution is 5.81. The molecule has 1 aromatic carbocycles. The van der Waals surface area contributed by atoms with Crippen LogP contribution >= 0.6 is 0 Å². The minimum absolute atomic E-state index is 0.0868. The molecular weight excluding hydrogens is 212 g/mol. The molecule has 2 aliphatic rings. The Labute approximate surface area is 102 Å². The molecular formula is C14H18N2O. The first-order valence-corrected chi connectivity index (χ1v) is 6.33. The van der Waals surface area contributed by atoms with Crippen LogP contribution in [0, 0.1) is 12.8 Å². The number of rotatable bonds is 3. The molecule has 17 heavy (non-hydrogen) atoms. The number of carbonyl (C=O) groups is 1. The minimum atomic E-state index is 0.0868. The lowest BCUT2D eigenvalue weighted by Crippen LogP contribution is -2.32. The molecule has 1 atom stereocenters. The van der Waals surface area contributed by atoms with Gasteiger partial charge < -0.3 is 4.90 Å². The van der Waals surface area contributed by atoms with Crippen molar-refractivity contribution >= 4 is 5.91 Å². The Kier molecular flexibility index (Phi) is 2.63. The zero-order chi connectivity index (χ0) is 11.8. The van der Waals surface area contributed by atoms with Crippen LogP contribution in [0.15, 0.2) is 24.3 Å². The van der Waals surface area contributed by atoms with Crippen molar-refractivity contribution in [1.82, 2.24) is 10.2 Å². The first-order chi connectivity index (χ1) is 8.24. The van der Waals surface area contributed by atoms with Gasteiger partial charge in [-0.2, -0.15) is 0 Å². The van der Waals surface area contributed by atoms with Gasteiger partial charge in [0.1, 0.15) is 6.17 Å². The molecule has 1 aromatic rings. The van der Waals surface area contributed by atoms with E-state index >= 15 is 0 Å². The summed E-state index contributed by atoms with van der Waals surface area (Å²) in [5.41, 5.74) is 2.45. The molecule has 0 bridgehead atoms.